The summed E-state index contributed by atoms with van der Waals surface area (Å²) in [7, 11) is 1.67. The highest BCUT2D eigenvalue weighted by molar-refractivity contribution is 5.61. The van der Waals surface area contributed by atoms with E-state index in [1.807, 2.05) is 30.6 Å². The van der Waals surface area contributed by atoms with Crippen molar-refractivity contribution in [3.8, 4) is 22.9 Å². The average Bonchev–Trinajstić information content (AvgIpc) is 3.10. The summed E-state index contributed by atoms with van der Waals surface area (Å²) in [4.78, 5) is 4.54. The molecule has 2 N–H and O–H groups in total. The first-order chi connectivity index (χ1) is 12.4. The summed E-state index contributed by atoms with van der Waals surface area (Å²) in [5.74, 6) is 2.49. The molecule has 1 aromatic carbocycles. The van der Waals surface area contributed by atoms with Crippen LogP contribution in [-0.4, -0.2) is 49.4 Å². The van der Waals surface area contributed by atoms with Crippen molar-refractivity contribution in [3.05, 3.63) is 30.6 Å². The Morgan fingerprint density at radius 2 is 1.88 bits per heavy atom. The van der Waals surface area contributed by atoms with Crippen molar-refractivity contribution < 1.29 is 9.47 Å². The number of nitrogens with one attached hydrogen (secondary N) is 2. The van der Waals surface area contributed by atoms with E-state index in [9.17, 15) is 0 Å². The van der Waals surface area contributed by atoms with Gasteiger partial charge in [-0.3, -0.25) is 0 Å². The van der Waals surface area contributed by atoms with Gasteiger partial charge in [-0.25, -0.2) is 4.98 Å². The topological polar surface area (TPSA) is 60.3 Å². The summed E-state index contributed by atoms with van der Waals surface area (Å²) in [6.45, 7) is 5.53. The Bertz CT molecular complexity index is 657. The fourth-order valence-corrected chi connectivity index (χ4v) is 3.04. The smallest absolute Gasteiger partial charge is 0.161 e. The van der Waals surface area contributed by atoms with Crippen LogP contribution < -0.4 is 20.1 Å². The molecule has 0 spiro atoms. The molecule has 3 rings (SSSR count). The Morgan fingerprint density at radius 1 is 1.08 bits per heavy atom. The molecule has 0 atom stereocenters. The molecule has 0 amide bonds. The fourth-order valence-electron chi connectivity index (χ4n) is 3.04. The Hall–Kier alpha value is -2.05. The summed E-state index contributed by atoms with van der Waals surface area (Å²) in [6, 6.07) is 6.01. The molecule has 25 heavy (non-hydrogen) atoms. The number of benzene rings is 1. The number of fused-ring (bicyclic) bond motifs is 4. The van der Waals surface area contributed by atoms with E-state index in [-0.39, 0.29) is 0 Å². The maximum absolute atomic E-state index is 5.95. The van der Waals surface area contributed by atoms with Gasteiger partial charge < -0.3 is 24.7 Å². The molecule has 0 saturated heterocycles. The zero-order chi connectivity index (χ0) is 17.3. The lowest BCUT2D eigenvalue weighted by molar-refractivity contribution is 0.292. The van der Waals surface area contributed by atoms with Crippen LogP contribution in [0.5, 0.6) is 11.5 Å². The first-order valence-corrected chi connectivity index (χ1v) is 9.12. The lowest BCUT2D eigenvalue weighted by Crippen LogP contribution is -2.23. The van der Waals surface area contributed by atoms with E-state index in [2.05, 4.69) is 20.2 Å². The summed E-state index contributed by atoms with van der Waals surface area (Å²) in [5, 5.41) is 6.95. The van der Waals surface area contributed by atoms with Crippen LogP contribution in [0.2, 0.25) is 0 Å². The molecule has 1 aliphatic rings. The lowest BCUT2D eigenvalue weighted by atomic mass is 10.2. The van der Waals surface area contributed by atoms with Gasteiger partial charge >= 0.3 is 0 Å². The van der Waals surface area contributed by atoms with Crippen molar-refractivity contribution in [1.29, 1.82) is 0 Å². The van der Waals surface area contributed by atoms with Gasteiger partial charge in [0.1, 0.15) is 12.4 Å². The van der Waals surface area contributed by atoms with Crippen LogP contribution in [0, 0.1) is 0 Å². The van der Waals surface area contributed by atoms with Crippen LogP contribution >= 0.6 is 0 Å². The van der Waals surface area contributed by atoms with E-state index >= 15 is 0 Å². The fraction of sp³-hybridized carbons (Fsp3) is 0.526. The molecular formula is C19H28N4O2. The highest BCUT2D eigenvalue weighted by Crippen LogP contribution is 2.32. The summed E-state index contributed by atoms with van der Waals surface area (Å²) in [6.07, 6.45) is 7.35. The van der Waals surface area contributed by atoms with E-state index in [4.69, 9.17) is 9.47 Å². The number of nitrogens with zero attached hydrogens (tertiary/aromatic N) is 2. The Labute approximate surface area is 149 Å². The highest BCUT2D eigenvalue weighted by Gasteiger charge is 2.11. The van der Waals surface area contributed by atoms with Gasteiger partial charge in [0, 0.05) is 31.0 Å². The van der Waals surface area contributed by atoms with Crippen LogP contribution in [0.15, 0.2) is 30.6 Å². The Balaban J connectivity index is 1.80. The van der Waals surface area contributed by atoms with Gasteiger partial charge in [0.15, 0.2) is 11.5 Å². The van der Waals surface area contributed by atoms with E-state index in [0.29, 0.717) is 6.61 Å². The third kappa shape index (κ3) is 4.96. The molecule has 136 valence electrons. The zero-order valence-corrected chi connectivity index (χ0v) is 15.0. The molecule has 0 fully saturated rings. The third-order valence-corrected chi connectivity index (χ3v) is 4.38. The lowest BCUT2D eigenvalue weighted by Gasteiger charge is -2.13. The van der Waals surface area contributed by atoms with Crippen LogP contribution in [0.25, 0.3) is 11.4 Å². The second-order valence-electron chi connectivity index (χ2n) is 6.22. The minimum atomic E-state index is 0.618. The van der Waals surface area contributed by atoms with Crippen molar-refractivity contribution in [2.45, 2.75) is 25.8 Å². The van der Waals surface area contributed by atoms with E-state index in [0.717, 1.165) is 62.0 Å². The van der Waals surface area contributed by atoms with Crippen molar-refractivity contribution >= 4 is 0 Å². The standard InChI is InChI=1S/C19H28N4O2/c1-24-17-6-5-16-15-18(17)25-14-11-21-8-3-2-7-20-9-4-12-23-13-10-22-19(16)23/h5-6,10,13,15,20-21H,2-4,7-9,11-12,14H2,1H3. The summed E-state index contributed by atoms with van der Waals surface area (Å²) >= 11 is 0. The molecule has 6 nitrogen and oxygen atoms in total. The van der Waals surface area contributed by atoms with Gasteiger partial charge in [0.25, 0.3) is 0 Å². The number of imidazole rings is 1. The van der Waals surface area contributed by atoms with Gasteiger partial charge in [-0.1, -0.05) is 0 Å². The zero-order valence-electron chi connectivity index (χ0n) is 15.0. The largest absolute Gasteiger partial charge is 0.493 e. The number of rotatable bonds is 1. The molecular weight excluding hydrogens is 316 g/mol. The molecule has 1 aromatic heterocycles. The monoisotopic (exact) mass is 344 g/mol. The van der Waals surface area contributed by atoms with Crippen molar-refractivity contribution in [2.75, 3.05) is 39.9 Å². The molecule has 2 aromatic rings. The van der Waals surface area contributed by atoms with Crippen molar-refractivity contribution in [1.82, 2.24) is 20.2 Å². The van der Waals surface area contributed by atoms with Crippen molar-refractivity contribution in [3.63, 3.8) is 0 Å². The third-order valence-electron chi connectivity index (χ3n) is 4.38. The Morgan fingerprint density at radius 3 is 2.72 bits per heavy atom. The van der Waals surface area contributed by atoms with Crippen LogP contribution in [0.3, 0.4) is 0 Å². The highest BCUT2D eigenvalue weighted by atomic mass is 16.5. The molecule has 0 radical (unpaired) electrons. The normalized spacial score (nSPS) is 17.2. The van der Waals surface area contributed by atoms with Crippen LogP contribution in [0.4, 0.5) is 0 Å². The second kappa shape index (κ2) is 9.44. The minimum Gasteiger partial charge on any atom is -0.493 e. The van der Waals surface area contributed by atoms with Gasteiger partial charge in [-0.2, -0.15) is 0 Å². The first kappa shape index (κ1) is 17.8. The summed E-state index contributed by atoms with van der Waals surface area (Å²) < 4.78 is 13.6. The SMILES string of the molecule is COc1ccc2cc1OCCNCCCCNCCCn1ccnc1-2. The molecule has 0 saturated carbocycles. The first-order valence-electron chi connectivity index (χ1n) is 9.12. The number of aryl methyl sites for hydroxylation is 1. The molecule has 6 heteroatoms. The maximum atomic E-state index is 5.95. The average molecular weight is 344 g/mol. The van der Waals surface area contributed by atoms with Crippen LogP contribution in [-0.2, 0) is 6.54 Å². The molecule has 0 unspecified atom stereocenters. The molecule has 2 heterocycles. The van der Waals surface area contributed by atoms with Gasteiger partial charge in [-0.05, 0) is 57.1 Å². The number of hydrogen-bond donors (Lipinski definition) is 2. The molecule has 0 aliphatic carbocycles. The number of aromatic nitrogens is 2. The van der Waals surface area contributed by atoms with E-state index < -0.39 is 0 Å². The maximum Gasteiger partial charge on any atom is 0.161 e. The predicted molar refractivity (Wildman–Crippen MR) is 99.3 cm³/mol. The van der Waals surface area contributed by atoms with Gasteiger partial charge in [0.05, 0.1) is 7.11 Å². The Kier molecular flexibility index (Phi) is 6.71. The number of ether oxygens (including phenoxy) is 2. The minimum absolute atomic E-state index is 0.618. The van der Waals surface area contributed by atoms with Crippen LogP contribution in [0.1, 0.15) is 19.3 Å². The van der Waals surface area contributed by atoms with Gasteiger partial charge in [-0.15, -0.1) is 0 Å². The molecule has 1 aliphatic heterocycles. The number of methoxy groups -OCH3 is 1. The van der Waals surface area contributed by atoms with E-state index in [1.165, 1.54) is 12.8 Å². The predicted octanol–water partition coefficient (Wildman–Crippen LogP) is 2.30. The summed E-state index contributed by atoms with van der Waals surface area (Å²) in [5.41, 5.74) is 1.05. The number of hydrogen-bond acceptors (Lipinski definition) is 5. The second-order valence-corrected chi connectivity index (χ2v) is 6.22. The van der Waals surface area contributed by atoms with Crippen molar-refractivity contribution in [2.24, 2.45) is 0 Å². The quantitative estimate of drug-likeness (QED) is 0.831. The molecule has 2 bridgehead atoms. The van der Waals surface area contributed by atoms with E-state index in [1.54, 1.807) is 7.11 Å². The van der Waals surface area contributed by atoms with Gasteiger partial charge in [0.2, 0.25) is 0 Å².